The van der Waals surface area contributed by atoms with E-state index in [1.807, 2.05) is 11.7 Å². The van der Waals surface area contributed by atoms with Gasteiger partial charge in [-0.2, -0.15) is 0 Å². The number of likely N-dealkylation sites (N-methyl/N-ethyl adjacent to an activating group) is 1. The van der Waals surface area contributed by atoms with Crippen molar-refractivity contribution < 1.29 is 0 Å². The summed E-state index contributed by atoms with van der Waals surface area (Å²) >= 11 is 1.73. The molecule has 66 valence electrons. The minimum atomic E-state index is 0.729. The van der Waals surface area contributed by atoms with Gasteiger partial charge >= 0.3 is 0 Å². The molecule has 0 unspecified atom stereocenters. The topological polar surface area (TPSA) is 28.2 Å². The molecule has 1 aliphatic heterocycles. The lowest BCUT2D eigenvalue weighted by molar-refractivity contribution is 0.174. The standard InChI is InChI=1S/C8H13N3S/c1-11(7-2-9-3-7)5-8-4-10-6-12-8/h4,6-7,9H,2-3,5H2,1H3. The molecule has 0 amide bonds. The van der Waals surface area contributed by atoms with Gasteiger partial charge in [-0.25, -0.2) is 0 Å². The van der Waals surface area contributed by atoms with Crippen molar-refractivity contribution in [1.82, 2.24) is 15.2 Å². The van der Waals surface area contributed by atoms with Gasteiger partial charge in [-0.1, -0.05) is 0 Å². The molecular weight excluding hydrogens is 170 g/mol. The maximum Gasteiger partial charge on any atom is 0.0794 e. The Labute approximate surface area is 76.4 Å². The molecule has 4 heteroatoms. The lowest BCUT2D eigenvalue weighted by Gasteiger charge is -2.35. The highest BCUT2D eigenvalue weighted by Crippen LogP contribution is 2.11. The lowest BCUT2D eigenvalue weighted by Crippen LogP contribution is -2.55. The first-order valence-electron chi connectivity index (χ1n) is 4.14. The zero-order valence-corrected chi connectivity index (χ0v) is 7.97. The van der Waals surface area contributed by atoms with Crippen molar-refractivity contribution in [2.45, 2.75) is 12.6 Å². The molecule has 0 spiro atoms. The average Bonchev–Trinajstić information content (AvgIpc) is 2.34. The second kappa shape index (κ2) is 3.51. The predicted octanol–water partition coefficient (Wildman–Crippen LogP) is 0.547. The molecule has 1 N–H and O–H groups in total. The molecule has 1 aliphatic rings. The van der Waals surface area contributed by atoms with Crippen molar-refractivity contribution in [3.05, 3.63) is 16.6 Å². The van der Waals surface area contributed by atoms with Crippen LogP contribution in [0, 0.1) is 0 Å². The number of nitrogens with zero attached hydrogens (tertiary/aromatic N) is 2. The summed E-state index contributed by atoms with van der Waals surface area (Å²) in [5.41, 5.74) is 1.89. The third-order valence-electron chi connectivity index (χ3n) is 2.27. The zero-order chi connectivity index (χ0) is 8.39. The van der Waals surface area contributed by atoms with Crippen molar-refractivity contribution in [2.24, 2.45) is 0 Å². The van der Waals surface area contributed by atoms with Crippen LogP contribution in [0.1, 0.15) is 4.88 Å². The van der Waals surface area contributed by atoms with Crippen LogP contribution in [0.25, 0.3) is 0 Å². The van der Waals surface area contributed by atoms with E-state index in [9.17, 15) is 0 Å². The van der Waals surface area contributed by atoms with Gasteiger partial charge in [0.2, 0.25) is 0 Å². The minimum absolute atomic E-state index is 0.729. The summed E-state index contributed by atoms with van der Waals surface area (Å²) in [6.45, 7) is 3.31. The third kappa shape index (κ3) is 1.65. The van der Waals surface area contributed by atoms with Crippen LogP contribution < -0.4 is 5.32 Å². The van der Waals surface area contributed by atoms with Crippen molar-refractivity contribution >= 4 is 11.3 Å². The van der Waals surface area contributed by atoms with Crippen LogP contribution >= 0.6 is 11.3 Å². The highest BCUT2D eigenvalue weighted by atomic mass is 32.1. The van der Waals surface area contributed by atoms with Crippen LogP contribution in [0.4, 0.5) is 0 Å². The van der Waals surface area contributed by atoms with Gasteiger partial charge in [0.1, 0.15) is 0 Å². The molecule has 0 radical (unpaired) electrons. The molecule has 1 aromatic rings. The minimum Gasteiger partial charge on any atom is -0.314 e. The Hall–Kier alpha value is -0.450. The molecule has 0 aliphatic carbocycles. The van der Waals surface area contributed by atoms with Crippen LogP contribution in [0.5, 0.6) is 0 Å². The molecule has 0 aromatic carbocycles. The van der Waals surface area contributed by atoms with E-state index in [4.69, 9.17) is 0 Å². The summed E-state index contributed by atoms with van der Waals surface area (Å²) in [7, 11) is 2.17. The molecular formula is C8H13N3S. The monoisotopic (exact) mass is 183 g/mol. The number of nitrogens with one attached hydrogen (secondary N) is 1. The summed E-state index contributed by atoms with van der Waals surface area (Å²) in [6, 6.07) is 0.729. The van der Waals surface area contributed by atoms with E-state index in [0.717, 1.165) is 25.7 Å². The Morgan fingerprint density at radius 2 is 2.58 bits per heavy atom. The molecule has 2 heterocycles. The number of thiazole rings is 1. The maximum atomic E-state index is 4.05. The lowest BCUT2D eigenvalue weighted by atomic mass is 10.1. The summed E-state index contributed by atoms with van der Waals surface area (Å²) in [4.78, 5) is 7.78. The van der Waals surface area contributed by atoms with E-state index < -0.39 is 0 Å². The van der Waals surface area contributed by atoms with E-state index in [2.05, 4.69) is 22.2 Å². The van der Waals surface area contributed by atoms with Crippen molar-refractivity contribution in [2.75, 3.05) is 20.1 Å². The zero-order valence-electron chi connectivity index (χ0n) is 7.16. The highest BCUT2D eigenvalue weighted by molar-refractivity contribution is 7.09. The van der Waals surface area contributed by atoms with E-state index >= 15 is 0 Å². The second-order valence-corrected chi connectivity index (χ2v) is 4.17. The molecule has 0 bridgehead atoms. The number of aromatic nitrogens is 1. The molecule has 1 fully saturated rings. The Morgan fingerprint density at radius 1 is 1.75 bits per heavy atom. The molecule has 2 rings (SSSR count). The van der Waals surface area contributed by atoms with Crippen LogP contribution in [-0.4, -0.2) is 36.1 Å². The Balaban J connectivity index is 1.86. The Morgan fingerprint density at radius 3 is 3.08 bits per heavy atom. The Kier molecular flexibility index (Phi) is 2.39. The van der Waals surface area contributed by atoms with Gasteiger partial charge in [-0.15, -0.1) is 11.3 Å². The number of hydrogen-bond acceptors (Lipinski definition) is 4. The van der Waals surface area contributed by atoms with Crippen LogP contribution in [0.2, 0.25) is 0 Å². The summed E-state index contributed by atoms with van der Waals surface area (Å²) in [5, 5.41) is 3.27. The van der Waals surface area contributed by atoms with Gasteiger partial charge in [0.15, 0.2) is 0 Å². The highest BCUT2D eigenvalue weighted by Gasteiger charge is 2.21. The first-order chi connectivity index (χ1) is 5.86. The van der Waals surface area contributed by atoms with Crippen LogP contribution in [0.15, 0.2) is 11.7 Å². The smallest absolute Gasteiger partial charge is 0.0794 e. The molecule has 1 aromatic heterocycles. The number of rotatable bonds is 3. The fourth-order valence-electron chi connectivity index (χ4n) is 1.28. The second-order valence-electron chi connectivity index (χ2n) is 3.19. The van der Waals surface area contributed by atoms with Crippen molar-refractivity contribution in [1.29, 1.82) is 0 Å². The van der Waals surface area contributed by atoms with E-state index in [1.54, 1.807) is 11.3 Å². The average molecular weight is 183 g/mol. The predicted molar refractivity (Wildman–Crippen MR) is 50.2 cm³/mol. The fourth-order valence-corrected chi connectivity index (χ4v) is 1.94. The maximum absolute atomic E-state index is 4.05. The quantitative estimate of drug-likeness (QED) is 0.741. The summed E-state index contributed by atoms with van der Waals surface area (Å²) < 4.78 is 0. The first-order valence-corrected chi connectivity index (χ1v) is 5.02. The molecule has 1 saturated heterocycles. The molecule has 3 nitrogen and oxygen atoms in total. The SMILES string of the molecule is CN(Cc1cncs1)C1CNC1. The van der Waals surface area contributed by atoms with E-state index in [0.29, 0.717) is 0 Å². The van der Waals surface area contributed by atoms with Gasteiger partial charge in [-0.05, 0) is 7.05 Å². The van der Waals surface area contributed by atoms with Gasteiger partial charge in [0.05, 0.1) is 5.51 Å². The van der Waals surface area contributed by atoms with Crippen molar-refractivity contribution in [3.63, 3.8) is 0 Å². The summed E-state index contributed by atoms with van der Waals surface area (Å²) in [5.74, 6) is 0. The normalized spacial score (nSPS) is 18.2. The van der Waals surface area contributed by atoms with E-state index in [1.165, 1.54) is 4.88 Å². The first kappa shape index (κ1) is 8.16. The third-order valence-corrected chi connectivity index (χ3v) is 3.04. The van der Waals surface area contributed by atoms with E-state index in [-0.39, 0.29) is 0 Å². The Bertz CT molecular complexity index is 230. The molecule has 0 atom stereocenters. The number of hydrogen-bond donors (Lipinski definition) is 1. The summed E-state index contributed by atoms with van der Waals surface area (Å²) in [6.07, 6.45) is 1.95. The van der Waals surface area contributed by atoms with Gasteiger partial charge in [0.25, 0.3) is 0 Å². The van der Waals surface area contributed by atoms with Gasteiger partial charge in [-0.3, -0.25) is 9.88 Å². The van der Waals surface area contributed by atoms with Crippen LogP contribution in [0.3, 0.4) is 0 Å². The van der Waals surface area contributed by atoms with Gasteiger partial charge < -0.3 is 5.32 Å². The fraction of sp³-hybridized carbons (Fsp3) is 0.625. The van der Waals surface area contributed by atoms with Crippen LogP contribution in [-0.2, 0) is 6.54 Å². The molecule has 0 saturated carbocycles. The molecule has 12 heavy (non-hydrogen) atoms. The van der Waals surface area contributed by atoms with Crippen molar-refractivity contribution in [3.8, 4) is 0 Å². The van der Waals surface area contributed by atoms with Gasteiger partial charge in [0, 0.05) is 36.8 Å². The largest absolute Gasteiger partial charge is 0.314 e.